The van der Waals surface area contributed by atoms with E-state index in [1.54, 1.807) is 0 Å². The third-order valence-corrected chi connectivity index (χ3v) is 7.69. The van der Waals surface area contributed by atoms with Crippen LogP contribution in [0.3, 0.4) is 0 Å². The van der Waals surface area contributed by atoms with Crippen molar-refractivity contribution in [3.63, 3.8) is 0 Å². The van der Waals surface area contributed by atoms with Crippen LogP contribution in [0.5, 0.6) is 5.75 Å². The van der Waals surface area contributed by atoms with Crippen LogP contribution in [0.15, 0.2) is 36.4 Å². The first-order valence-electron chi connectivity index (χ1n) is 12.4. The van der Waals surface area contributed by atoms with Crippen LogP contribution in [-0.4, -0.2) is 76.9 Å². The Morgan fingerprint density at radius 3 is 2.29 bits per heavy atom. The topological polar surface area (TPSA) is 76.4 Å². The van der Waals surface area contributed by atoms with Crippen molar-refractivity contribution in [3.05, 3.63) is 58.7 Å². The Hall–Kier alpha value is -2.12. The molecule has 0 aromatic heterocycles. The Bertz CT molecular complexity index is 985. The van der Waals surface area contributed by atoms with Gasteiger partial charge in [0.15, 0.2) is 0 Å². The van der Waals surface area contributed by atoms with Crippen LogP contribution in [0.4, 0.5) is 5.69 Å². The molecule has 2 aromatic rings. The number of rotatable bonds is 6. The summed E-state index contributed by atoms with van der Waals surface area (Å²) in [6.45, 7) is 11.2. The lowest BCUT2D eigenvalue weighted by Crippen LogP contribution is -2.62. The van der Waals surface area contributed by atoms with E-state index in [9.17, 15) is 15.3 Å². The molecule has 0 aliphatic carbocycles. The van der Waals surface area contributed by atoms with Crippen molar-refractivity contribution >= 4 is 5.69 Å². The molecule has 186 valence electrons. The highest BCUT2D eigenvalue weighted by Crippen LogP contribution is 2.31. The fourth-order valence-corrected chi connectivity index (χ4v) is 5.29. The third kappa shape index (κ3) is 5.57. The second kappa shape index (κ2) is 9.86. The van der Waals surface area contributed by atoms with Crippen LogP contribution < -0.4 is 9.64 Å². The number of β-amino-alcohol motifs (C(OH)–C–C–N with tert-alkyl or cyclic N) is 2. The molecular weight excluding hydrogens is 428 g/mol. The molecule has 0 spiro atoms. The highest BCUT2D eigenvalue weighted by atomic mass is 16.5. The lowest BCUT2D eigenvalue weighted by molar-refractivity contribution is -0.149. The van der Waals surface area contributed by atoms with Crippen molar-refractivity contribution in [2.24, 2.45) is 0 Å². The zero-order valence-electron chi connectivity index (χ0n) is 21.0. The molecule has 6 nitrogen and oxygen atoms in total. The molecule has 2 heterocycles. The van der Waals surface area contributed by atoms with Gasteiger partial charge >= 0.3 is 0 Å². The Kier molecular flexibility index (Phi) is 7.25. The molecule has 0 radical (unpaired) electrons. The predicted octanol–water partition coefficient (Wildman–Crippen LogP) is 3.13. The smallest absolute Gasteiger partial charge is 0.137 e. The second-order valence-electron chi connectivity index (χ2n) is 10.7. The third-order valence-electron chi connectivity index (χ3n) is 7.69. The summed E-state index contributed by atoms with van der Waals surface area (Å²) in [5, 5.41) is 33.3. The number of ether oxygens (including phenoxy) is 1. The normalized spacial score (nSPS) is 25.4. The van der Waals surface area contributed by atoms with Crippen LogP contribution in [0.25, 0.3) is 0 Å². The van der Waals surface area contributed by atoms with E-state index >= 15 is 0 Å². The predicted molar refractivity (Wildman–Crippen MR) is 136 cm³/mol. The molecule has 0 saturated carbocycles. The van der Waals surface area contributed by atoms with Crippen molar-refractivity contribution in [2.75, 3.05) is 44.2 Å². The first kappa shape index (κ1) is 25.0. The van der Waals surface area contributed by atoms with E-state index in [-0.39, 0.29) is 13.2 Å². The summed E-state index contributed by atoms with van der Waals surface area (Å²) in [7, 11) is 0. The number of anilines is 1. The molecule has 2 fully saturated rings. The molecule has 2 aliphatic heterocycles. The second-order valence-corrected chi connectivity index (χ2v) is 10.7. The van der Waals surface area contributed by atoms with Gasteiger partial charge in [-0.05, 0) is 81.8 Å². The van der Waals surface area contributed by atoms with Gasteiger partial charge in [0.05, 0.1) is 11.7 Å². The molecule has 4 rings (SSSR count). The van der Waals surface area contributed by atoms with Crippen molar-refractivity contribution < 1.29 is 20.1 Å². The fraction of sp³-hybridized carbons (Fsp3) is 0.571. The van der Waals surface area contributed by atoms with Gasteiger partial charge in [-0.3, -0.25) is 4.90 Å². The van der Waals surface area contributed by atoms with E-state index in [1.807, 2.05) is 26.8 Å². The summed E-state index contributed by atoms with van der Waals surface area (Å²) in [5.41, 5.74) is 3.57. The molecule has 6 heteroatoms. The van der Waals surface area contributed by atoms with Gasteiger partial charge in [0.2, 0.25) is 0 Å². The summed E-state index contributed by atoms with van der Waals surface area (Å²) in [6.07, 6.45) is 0.956. The van der Waals surface area contributed by atoms with Gasteiger partial charge in [0.25, 0.3) is 0 Å². The Morgan fingerprint density at radius 1 is 0.941 bits per heavy atom. The van der Waals surface area contributed by atoms with Crippen molar-refractivity contribution in [3.8, 4) is 5.75 Å². The summed E-state index contributed by atoms with van der Waals surface area (Å²) in [6, 6.07) is 12.6. The number of likely N-dealkylation sites (tertiary alicyclic amines) is 1. The van der Waals surface area contributed by atoms with Crippen molar-refractivity contribution in [1.29, 1.82) is 0 Å². The summed E-state index contributed by atoms with van der Waals surface area (Å²) in [4.78, 5) is 4.41. The minimum absolute atomic E-state index is 0.0219. The number of benzene rings is 2. The quantitative estimate of drug-likeness (QED) is 0.605. The Balaban J connectivity index is 1.36. The molecule has 2 aromatic carbocycles. The molecule has 0 bridgehead atoms. The number of nitrogens with zero attached hydrogens (tertiary/aromatic N) is 2. The van der Waals surface area contributed by atoms with E-state index in [2.05, 4.69) is 47.1 Å². The van der Waals surface area contributed by atoms with Crippen LogP contribution in [-0.2, 0) is 0 Å². The van der Waals surface area contributed by atoms with E-state index in [0.29, 0.717) is 32.4 Å². The highest BCUT2D eigenvalue weighted by molar-refractivity contribution is 5.48. The van der Waals surface area contributed by atoms with Crippen molar-refractivity contribution in [2.45, 2.75) is 64.3 Å². The minimum atomic E-state index is -1.37. The molecule has 0 amide bonds. The van der Waals surface area contributed by atoms with Crippen LogP contribution in [0.1, 0.15) is 41.5 Å². The van der Waals surface area contributed by atoms with Crippen molar-refractivity contribution in [1.82, 2.24) is 4.90 Å². The zero-order chi connectivity index (χ0) is 24.5. The number of aliphatic hydroxyl groups is 3. The molecule has 2 saturated heterocycles. The molecular formula is C28H40N2O4. The Morgan fingerprint density at radius 2 is 1.62 bits per heavy atom. The fourth-order valence-electron chi connectivity index (χ4n) is 5.29. The Labute approximate surface area is 203 Å². The van der Waals surface area contributed by atoms with Gasteiger partial charge in [-0.25, -0.2) is 0 Å². The standard InChI is InChI=1S/C28H40N2O4/c1-20-5-7-24(8-6-20)30-13-10-27(32,11-14-30)17-29-12-9-26(31)28(33,18-29)19-34-25-16-21(2)15-22(3)23(25)4/h5-8,15-16,26,31-33H,9-14,17-19H2,1-4H3/t26-,28-/m0/s1. The molecule has 34 heavy (non-hydrogen) atoms. The van der Waals surface area contributed by atoms with Crippen LogP contribution in [0.2, 0.25) is 0 Å². The lowest BCUT2D eigenvalue weighted by Gasteiger charge is -2.46. The maximum atomic E-state index is 11.3. The van der Waals surface area contributed by atoms with E-state index in [1.165, 1.54) is 11.3 Å². The van der Waals surface area contributed by atoms with Gasteiger partial charge < -0.3 is 25.0 Å². The van der Waals surface area contributed by atoms with Gasteiger partial charge in [0.1, 0.15) is 18.0 Å². The van der Waals surface area contributed by atoms with Gasteiger partial charge in [-0.15, -0.1) is 0 Å². The first-order chi connectivity index (χ1) is 16.1. The zero-order valence-corrected chi connectivity index (χ0v) is 21.0. The van der Waals surface area contributed by atoms with Gasteiger partial charge in [-0.1, -0.05) is 23.8 Å². The molecule has 2 atom stereocenters. The van der Waals surface area contributed by atoms with Gasteiger partial charge in [0, 0.05) is 38.4 Å². The van der Waals surface area contributed by atoms with E-state index in [4.69, 9.17) is 4.74 Å². The maximum Gasteiger partial charge on any atom is 0.137 e. The lowest BCUT2D eigenvalue weighted by atomic mass is 9.86. The van der Waals surface area contributed by atoms with Crippen LogP contribution >= 0.6 is 0 Å². The number of piperidine rings is 2. The van der Waals surface area contributed by atoms with E-state index < -0.39 is 17.3 Å². The van der Waals surface area contributed by atoms with Gasteiger partial charge in [-0.2, -0.15) is 0 Å². The average Bonchev–Trinajstić information content (AvgIpc) is 2.79. The monoisotopic (exact) mass is 468 g/mol. The van der Waals surface area contributed by atoms with E-state index in [0.717, 1.165) is 35.5 Å². The molecule has 3 N–H and O–H groups in total. The number of hydrogen-bond acceptors (Lipinski definition) is 6. The molecule has 0 unspecified atom stereocenters. The average molecular weight is 469 g/mol. The molecule has 2 aliphatic rings. The minimum Gasteiger partial charge on any atom is -0.490 e. The number of hydrogen-bond donors (Lipinski definition) is 3. The summed E-state index contributed by atoms with van der Waals surface area (Å²) < 4.78 is 6.04. The summed E-state index contributed by atoms with van der Waals surface area (Å²) >= 11 is 0. The maximum absolute atomic E-state index is 11.3. The number of aryl methyl sites for hydroxylation is 3. The first-order valence-corrected chi connectivity index (χ1v) is 12.4. The highest BCUT2D eigenvalue weighted by Gasteiger charge is 2.44. The summed E-state index contributed by atoms with van der Waals surface area (Å²) in [5.74, 6) is 0.748. The van der Waals surface area contributed by atoms with Crippen LogP contribution in [0, 0.1) is 27.7 Å². The SMILES string of the molecule is Cc1ccc(N2CCC(O)(CN3CC[C@H](O)[C@@](O)(COc4cc(C)cc(C)c4C)C3)CC2)cc1. The largest absolute Gasteiger partial charge is 0.490 e. The number of aliphatic hydroxyl groups excluding tert-OH is 1.